The Morgan fingerprint density at radius 3 is 2.57 bits per heavy atom. The molecule has 180 valence electrons. The second-order valence-corrected chi connectivity index (χ2v) is 7.90. The topological polar surface area (TPSA) is 93.1 Å². The van der Waals surface area contributed by atoms with E-state index < -0.39 is 11.6 Å². The summed E-state index contributed by atoms with van der Waals surface area (Å²) in [6, 6.07) is 13.9. The van der Waals surface area contributed by atoms with Crippen LogP contribution in [0.5, 0.6) is 17.2 Å². The maximum absolute atomic E-state index is 13.8. The van der Waals surface area contributed by atoms with E-state index in [0.29, 0.717) is 50.0 Å². The summed E-state index contributed by atoms with van der Waals surface area (Å²) in [5.41, 5.74) is 1.67. The summed E-state index contributed by atoms with van der Waals surface area (Å²) in [7, 11) is 2.97. The number of nitrogens with zero attached hydrogens (tertiary/aromatic N) is 1. The van der Waals surface area contributed by atoms with Gasteiger partial charge in [-0.3, -0.25) is 4.79 Å². The van der Waals surface area contributed by atoms with Gasteiger partial charge in [0.1, 0.15) is 35.4 Å². The van der Waals surface area contributed by atoms with E-state index in [-0.39, 0.29) is 18.9 Å². The van der Waals surface area contributed by atoms with Crippen molar-refractivity contribution >= 4 is 39.7 Å². The number of fused-ring (bicyclic) bond motifs is 1. The van der Waals surface area contributed by atoms with Crippen molar-refractivity contribution in [2.75, 3.05) is 27.4 Å². The summed E-state index contributed by atoms with van der Waals surface area (Å²) in [6.07, 6.45) is 1.52. The number of methoxy groups -OCH3 is 2. The van der Waals surface area contributed by atoms with Crippen LogP contribution in [0.1, 0.15) is 15.9 Å². The summed E-state index contributed by atoms with van der Waals surface area (Å²) >= 11 is 6.14. The Balaban J connectivity index is 1.90. The van der Waals surface area contributed by atoms with Crippen LogP contribution in [-0.4, -0.2) is 49.0 Å². The molecular formula is C26H22ClFN2O5. The van der Waals surface area contributed by atoms with Crippen LogP contribution in [0.2, 0.25) is 5.02 Å². The van der Waals surface area contributed by atoms with Crippen LogP contribution in [0.15, 0.2) is 65.8 Å². The number of Topliss-reactive ketones (excluding diaryl/α,β-unsaturated/α-hetero) is 1. The number of aliphatic hydroxyl groups is 1. The first-order valence-corrected chi connectivity index (χ1v) is 11.0. The van der Waals surface area contributed by atoms with Crippen molar-refractivity contribution in [1.29, 1.82) is 0 Å². The Bertz CT molecular complexity index is 1420. The number of aliphatic hydroxyl groups excluding tert-OH is 1. The highest BCUT2D eigenvalue weighted by Crippen LogP contribution is 2.32. The Labute approximate surface area is 205 Å². The van der Waals surface area contributed by atoms with E-state index in [4.69, 9.17) is 30.9 Å². The highest BCUT2D eigenvalue weighted by molar-refractivity contribution is 6.53. The highest BCUT2D eigenvalue weighted by Gasteiger charge is 2.23. The van der Waals surface area contributed by atoms with Crippen LogP contribution >= 0.6 is 11.6 Å². The number of aliphatic imine (C=N–C) groups is 1. The monoisotopic (exact) mass is 496 g/mol. The molecule has 0 fully saturated rings. The lowest BCUT2D eigenvalue weighted by atomic mass is 9.99. The average Bonchev–Trinajstić information content (AvgIpc) is 3.28. The second-order valence-electron chi connectivity index (χ2n) is 7.47. The molecule has 7 nitrogen and oxygen atoms in total. The minimum Gasteiger partial charge on any atom is -0.497 e. The maximum atomic E-state index is 13.8. The number of H-pyrrole nitrogens is 1. The highest BCUT2D eigenvalue weighted by atomic mass is 35.5. The van der Waals surface area contributed by atoms with Gasteiger partial charge in [0.2, 0.25) is 5.78 Å². The lowest BCUT2D eigenvalue weighted by Crippen LogP contribution is -2.16. The van der Waals surface area contributed by atoms with Crippen LogP contribution in [-0.2, 0) is 0 Å². The minimum absolute atomic E-state index is 0.0742. The van der Waals surface area contributed by atoms with Gasteiger partial charge in [0, 0.05) is 51.4 Å². The van der Waals surface area contributed by atoms with E-state index in [1.807, 2.05) is 0 Å². The third-order valence-electron chi connectivity index (χ3n) is 5.22. The molecule has 0 saturated heterocycles. The van der Waals surface area contributed by atoms with Gasteiger partial charge in [0.25, 0.3) is 0 Å². The lowest BCUT2D eigenvalue weighted by Gasteiger charge is -2.13. The van der Waals surface area contributed by atoms with Gasteiger partial charge in [-0.2, -0.15) is 0 Å². The van der Waals surface area contributed by atoms with E-state index in [9.17, 15) is 9.18 Å². The first-order valence-electron chi connectivity index (χ1n) is 10.6. The number of benzene rings is 3. The third kappa shape index (κ3) is 5.29. The van der Waals surface area contributed by atoms with Gasteiger partial charge < -0.3 is 24.3 Å². The van der Waals surface area contributed by atoms with Gasteiger partial charge in [0.05, 0.1) is 26.5 Å². The van der Waals surface area contributed by atoms with E-state index in [1.165, 1.54) is 38.6 Å². The molecule has 0 aliphatic carbocycles. The molecule has 0 radical (unpaired) electrons. The zero-order valence-corrected chi connectivity index (χ0v) is 19.7. The standard InChI is InChI=1S/C26H22ClFN2O5/c1-33-18-11-17(12-19(13-18)35-8-7-31)30-25(21-5-3-15(27)9-24(21)34-2)26(32)22-14-29-23-10-16(28)4-6-20(22)23/h3-6,9-14,29,31H,7-8H2,1-2H3/b30-25+. The summed E-state index contributed by atoms with van der Waals surface area (Å²) in [6.45, 7) is -0.0817. The smallest absolute Gasteiger partial charge is 0.214 e. The van der Waals surface area contributed by atoms with Gasteiger partial charge in [-0.05, 0) is 36.4 Å². The van der Waals surface area contributed by atoms with Crippen LogP contribution in [0.25, 0.3) is 10.9 Å². The summed E-state index contributed by atoms with van der Waals surface area (Å²) in [5, 5.41) is 10.1. The first-order chi connectivity index (χ1) is 16.9. The van der Waals surface area contributed by atoms with E-state index in [1.54, 1.807) is 36.4 Å². The largest absolute Gasteiger partial charge is 0.497 e. The molecule has 0 spiro atoms. The first kappa shape index (κ1) is 24.3. The third-order valence-corrected chi connectivity index (χ3v) is 5.46. The van der Waals surface area contributed by atoms with Crippen molar-refractivity contribution < 1.29 is 28.5 Å². The van der Waals surface area contributed by atoms with Crippen molar-refractivity contribution in [2.24, 2.45) is 4.99 Å². The molecule has 0 amide bonds. The minimum atomic E-state index is -0.418. The Morgan fingerprint density at radius 2 is 1.83 bits per heavy atom. The molecule has 4 aromatic rings. The molecule has 1 heterocycles. The van der Waals surface area contributed by atoms with Gasteiger partial charge in [-0.15, -0.1) is 0 Å². The van der Waals surface area contributed by atoms with Gasteiger partial charge in [-0.1, -0.05) is 11.6 Å². The summed E-state index contributed by atoms with van der Waals surface area (Å²) in [5.74, 6) is 0.392. The summed E-state index contributed by atoms with van der Waals surface area (Å²) in [4.78, 5) is 21.4. The van der Waals surface area contributed by atoms with E-state index in [2.05, 4.69) is 9.98 Å². The molecule has 4 rings (SSSR count). The molecule has 35 heavy (non-hydrogen) atoms. The van der Waals surface area contributed by atoms with E-state index >= 15 is 0 Å². The fraction of sp³-hybridized carbons (Fsp3) is 0.154. The van der Waals surface area contributed by atoms with Crippen molar-refractivity contribution in [3.8, 4) is 17.2 Å². The predicted molar refractivity (Wildman–Crippen MR) is 132 cm³/mol. The molecule has 3 aromatic carbocycles. The number of hydrogen-bond donors (Lipinski definition) is 2. The van der Waals surface area contributed by atoms with Crippen LogP contribution in [0.4, 0.5) is 10.1 Å². The van der Waals surface area contributed by atoms with Crippen molar-refractivity contribution in [3.05, 3.63) is 82.8 Å². The maximum Gasteiger partial charge on any atom is 0.214 e. The second kappa shape index (κ2) is 10.6. The number of carbonyl (C=O) groups excluding carboxylic acids is 1. The van der Waals surface area contributed by atoms with Gasteiger partial charge >= 0.3 is 0 Å². The SMILES string of the molecule is COc1cc(/N=C(/C(=O)c2c[nH]c3cc(F)ccc23)c2ccc(Cl)cc2OC)cc(OCCO)c1. The van der Waals surface area contributed by atoms with Crippen LogP contribution in [0.3, 0.4) is 0 Å². The van der Waals surface area contributed by atoms with Gasteiger partial charge in [-0.25, -0.2) is 9.38 Å². The molecule has 9 heteroatoms. The average molecular weight is 497 g/mol. The fourth-order valence-electron chi connectivity index (χ4n) is 3.62. The number of halogens is 2. The molecule has 1 aromatic heterocycles. The van der Waals surface area contributed by atoms with Crippen LogP contribution < -0.4 is 14.2 Å². The van der Waals surface area contributed by atoms with Crippen molar-refractivity contribution in [2.45, 2.75) is 0 Å². The molecular weight excluding hydrogens is 475 g/mol. The predicted octanol–water partition coefficient (Wildman–Crippen LogP) is 5.35. The zero-order chi connectivity index (χ0) is 24.9. The number of rotatable bonds is 9. The Hall–Kier alpha value is -3.88. The van der Waals surface area contributed by atoms with Gasteiger partial charge in [0.15, 0.2) is 0 Å². The molecule has 0 bridgehead atoms. The number of ether oxygens (including phenoxy) is 3. The number of aromatic nitrogens is 1. The molecule has 0 aliphatic rings. The van der Waals surface area contributed by atoms with E-state index in [0.717, 1.165) is 0 Å². The summed E-state index contributed by atoms with van der Waals surface area (Å²) < 4.78 is 30.0. The zero-order valence-electron chi connectivity index (χ0n) is 19.0. The van der Waals surface area contributed by atoms with Crippen molar-refractivity contribution in [1.82, 2.24) is 4.98 Å². The Kier molecular flexibility index (Phi) is 7.33. The Morgan fingerprint density at radius 1 is 1.03 bits per heavy atom. The molecule has 0 aliphatic heterocycles. The quantitative estimate of drug-likeness (QED) is 0.240. The molecule has 0 saturated carbocycles. The molecule has 0 unspecified atom stereocenters. The number of carbonyl (C=O) groups is 1. The lowest BCUT2D eigenvalue weighted by molar-refractivity contribution is 0.106. The molecule has 0 atom stereocenters. The van der Waals surface area contributed by atoms with Crippen LogP contribution in [0, 0.1) is 5.82 Å². The van der Waals surface area contributed by atoms with Crippen molar-refractivity contribution in [3.63, 3.8) is 0 Å². The number of nitrogens with one attached hydrogen (secondary N) is 1. The number of aromatic amines is 1. The fourth-order valence-corrected chi connectivity index (χ4v) is 3.78. The number of ketones is 1. The molecule has 2 N–H and O–H groups in total. The number of hydrogen-bond acceptors (Lipinski definition) is 6. The normalized spacial score (nSPS) is 11.5.